The van der Waals surface area contributed by atoms with Crippen LogP contribution in [0.3, 0.4) is 0 Å². The summed E-state index contributed by atoms with van der Waals surface area (Å²) in [5.41, 5.74) is 1.57. The van der Waals surface area contributed by atoms with Gasteiger partial charge < -0.3 is 0 Å². The lowest BCUT2D eigenvalue weighted by Crippen LogP contribution is -2.34. The topological polar surface area (TPSA) is 87.6 Å². The highest BCUT2D eigenvalue weighted by atomic mass is 32.2. The SMILES string of the molecule is O=C(CNS(=O)(=O)c1ccccc1)N/N=C\c1c(F)cccc1F. The van der Waals surface area contributed by atoms with Crippen molar-refractivity contribution in [1.29, 1.82) is 0 Å². The molecule has 0 aliphatic rings. The molecule has 6 nitrogen and oxygen atoms in total. The molecule has 2 rings (SSSR count). The third-order valence-corrected chi connectivity index (χ3v) is 4.28. The van der Waals surface area contributed by atoms with Crippen molar-refractivity contribution in [3.8, 4) is 0 Å². The molecule has 0 saturated heterocycles. The lowest BCUT2D eigenvalue weighted by molar-refractivity contribution is -0.119. The first-order valence-electron chi connectivity index (χ1n) is 6.71. The molecule has 0 heterocycles. The lowest BCUT2D eigenvalue weighted by Gasteiger charge is -2.05. The van der Waals surface area contributed by atoms with Gasteiger partial charge in [0.15, 0.2) is 0 Å². The van der Waals surface area contributed by atoms with Crippen molar-refractivity contribution in [3.05, 3.63) is 65.7 Å². The Hall–Kier alpha value is -2.65. The minimum Gasteiger partial charge on any atom is -0.272 e. The first-order valence-corrected chi connectivity index (χ1v) is 8.19. The Morgan fingerprint density at radius 2 is 1.67 bits per heavy atom. The van der Waals surface area contributed by atoms with E-state index in [9.17, 15) is 22.0 Å². The van der Waals surface area contributed by atoms with Crippen LogP contribution in [0.5, 0.6) is 0 Å². The summed E-state index contributed by atoms with van der Waals surface area (Å²) in [5, 5.41) is 3.40. The quantitative estimate of drug-likeness (QED) is 0.608. The average Bonchev–Trinajstić information content (AvgIpc) is 2.56. The van der Waals surface area contributed by atoms with Gasteiger partial charge >= 0.3 is 0 Å². The summed E-state index contributed by atoms with van der Waals surface area (Å²) >= 11 is 0. The maximum absolute atomic E-state index is 13.3. The highest BCUT2D eigenvalue weighted by molar-refractivity contribution is 7.89. The largest absolute Gasteiger partial charge is 0.272 e. The van der Waals surface area contributed by atoms with Crippen LogP contribution in [0.25, 0.3) is 0 Å². The summed E-state index contributed by atoms with van der Waals surface area (Å²) in [7, 11) is -3.83. The van der Waals surface area contributed by atoms with Crippen LogP contribution in [0.2, 0.25) is 0 Å². The molecule has 0 fully saturated rings. The molecule has 2 aromatic rings. The Morgan fingerprint density at radius 3 is 2.29 bits per heavy atom. The van der Waals surface area contributed by atoms with Crippen molar-refractivity contribution in [1.82, 2.24) is 10.1 Å². The van der Waals surface area contributed by atoms with E-state index in [1.807, 2.05) is 5.43 Å². The zero-order valence-corrected chi connectivity index (χ0v) is 13.1. The number of benzene rings is 2. The van der Waals surface area contributed by atoms with Gasteiger partial charge in [0, 0.05) is 0 Å². The highest BCUT2D eigenvalue weighted by Crippen LogP contribution is 2.09. The number of amides is 1. The van der Waals surface area contributed by atoms with Crippen molar-refractivity contribution >= 4 is 22.1 Å². The predicted octanol–water partition coefficient (Wildman–Crippen LogP) is 1.39. The van der Waals surface area contributed by atoms with E-state index >= 15 is 0 Å². The number of nitrogens with one attached hydrogen (secondary N) is 2. The van der Waals surface area contributed by atoms with Gasteiger partial charge in [0.05, 0.1) is 23.2 Å². The molecule has 0 saturated carbocycles. The van der Waals surface area contributed by atoms with E-state index in [1.54, 1.807) is 18.2 Å². The second kappa shape index (κ2) is 7.75. The van der Waals surface area contributed by atoms with Gasteiger partial charge in [-0.25, -0.2) is 27.3 Å². The first kappa shape index (κ1) is 17.7. The molecule has 0 spiro atoms. The van der Waals surface area contributed by atoms with E-state index in [1.165, 1.54) is 18.2 Å². The van der Waals surface area contributed by atoms with Crippen LogP contribution in [0.4, 0.5) is 8.78 Å². The van der Waals surface area contributed by atoms with Gasteiger partial charge in [-0.05, 0) is 24.3 Å². The number of carbonyl (C=O) groups excluding carboxylic acids is 1. The zero-order chi connectivity index (χ0) is 17.6. The van der Waals surface area contributed by atoms with Crippen LogP contribution >= 0.6 is 0 Å². The molecule has 24 heavy (non-hydrogen) atoms. The second-order valence-corrected chi connectivity index (χ2v) is 6.33. The van der Waals surface area contributed by atoms with E-state index in [0.29, 0.717) is 0 Å². The monoisotopic (exact) mass is 353 g/mol. The van der Waals surface area contributed by atoms with Crippen molar-refractivity contribution in [2.24, 2.45) is 5.10 Å². The number of hydrazone groups is 1. The Bertz CT molecular complexity index is 835. The van der Waals surface area contributed by atoms with Crippen LogP contribution in [-0.4, -0.2) is 27.1 Å². The molecule has 2 aromatic carbocycles. The van der Waals surface area contributed by atoms with Gasteiger partial charge in [0.1, 0.15) is 11.6 Å². The Balaban J connectivity index is 1.91. The van der Waals surface area contributed by atoms with E-state index in [4.69, 9.17) is 0 Å². The molecule has 126 valence electrons. The molecule has 0 aliphatic carbocycles. The van der Waals surface area contributed by atoms with Gasteiger partial charge in [0.2, 0.25) is 10.0 Å². The number of hydrogen-bond acceptors (Lipinski definition) is 4. The number of carbonyl (C=O) groups is 1. The Labute approximate surface area is 137 Å². The maximum atomic E-state index is 13.3. The summed E-state index contributed by atoms with van der Waals surface area (Å²) in [6.45, 7) is -0.575. The van der Waals surface area contributed by atoms with Gasteiger partial charge in [-0.15, -0.1) is 0 Å². The lowest BCUT2D eigenvalue weighted by atomic mass is 10.2. The van der Waals surface area contributed by atoms with E-state index in [-0.39, 0.29) is 4.90 Å². The molecular weight excluding hydrogens is 340 g/mol. The van der Waals surface area contributed by atoms with Crippen molar-refractivity contribution in [2.45, 2.75) is 4.90 Å². The molecule has 0 radical (unpaired) electrons. The number of sulfonamides is 1. The van der Waals surface area contributed by atoms with E-state index in [2.05, 4.69) is 9.82 Å². The zero-order valence-electron chi connectivity index (χ0n) is 12.2. The standard InChI is InChI=1S/C15H13F2N3O3S/c16-13-7-4-8-14(17)12(13)9-18-20-15(21)10-19-24(22,23)11-5-2-1-3-6-11/h1-9,19H,10H2,(H,20,21)/b18-9-. The minimum absolute atomic E-state index is 0.00901. The van der Waals surface area contributed by atoms with Gasteiger partial charge in [-0.1, -0.05) is 24.3 Å². The molecule has 0 aromatic heterocycles. The predicted molar refractivity (Wildman–Crippen MR) is 83.7 cm³/mol. The number of hydrogen-bond donors (Lipinski definition) is 2. The molecule has 2 N–H and O–H groups in total. The summed E-state index contributed by atoms with van der Waals surface area (Å²) in [5.74, 6) is -2.46. The Morgan fingerprint density at radius 1 is 1.04 bits per heavy atom. The smallest absolute Gasteiger partial charge is 0.255 e. The number of nitrogens with zero attached hydrogens (tertiary/aromatic N) is 1. The molecule has 0 bridgehead atoms. The second-order valence-electron chi connectivity index (χ2n) is 4.57. The third-order valence-electron chi connectivity index (χ3n) is 2.86. The summed E-state index contributed by atoms with van der Waals surface area (Å²) in [6, 6.07) is 10.8. The van der Waals surface area contributed by atoms with Crippen molar-refractivity contribution in [3.63, 3.8) is 0 Å². The normalized spacial score (nSPS) is 11.6. The molecule has 0 atom stereocenters. The fourth-order valence-electron chi connectivity index (χ4n) is 1.69. The average molecular weight is 353 g/mol. The van der Waals surface area contributed by atoms with Crippen LogP contribution in [-0.2, 0) is 14.8 Å². The van der Waals surface area contributed by atoms with Gasteiger partial charge in [-0.3, -0.25) is 4.79 Å². The molecule has 0 unspecified atom stereocenters. The van der Waals surface area contributed by atoms with Gasteiger partial charge in [-0.2, -0.15) is 5.10 Å². The van der Waals surface area contributed by atoms with Crippen LogP contribution < -0.4 is 10.1 Å². The maximum Gasteiger partial charge on any atom is 0.255 e. The highest BCUT2D eigenvalue weighted by Gasteiger charge is 2.14. The van der Waals surface area contributed by atoms with Crippen LogP contribution in [0.15, 0.2) is 58.5 Å². The number of halogens is 2. The van der Waals surface area contributed by atoms with Crippen LogP contribution in [0, 0.1) is 11.6 Å². The molecule has 0 aliphatic heterocycles. The molecular formula is C15H13F2N3O3S. The third kappa shape index (κ3) is 4.67. The van der Waals surface area contributed by atoms with E-state index in [0.717, 1.165) is 18.3 Å². The number of rotatable bonds is 6. The van der Waals surface area contributed by atoms with Gasteiger partial charge in [0.25, 0.3) is 5.91 Å². The minimum atomic E-state index is -3.83. The van der Waals surface area contributed by atoms with Crippen molar-refractivity contribution < 1.29 is 22.0 Å². The summed E-state index contributed by atoms with van der Waals surface area (Å²) in [4.78, 5) is 11.6. The Kier molecular flexibility index (Phi) is 5.72. The fourth-order valence-corrected chi connectivity index (χ4v) is 2.69. The van der Waals surface area contributed by atoms with Crippen LogP contribution in [0.1, 0.15) is 5.56 Å². The molecule has 9 heteroatoms. The fraction of sp³-hybridized carbons (Fsp3) is 0.0667. The molecule has 1 amide bonds. The first-order chi connectivity index (χ1) is 11.4. The summed E-state index contributed by atoms with van der Waals surface area (Å²) in [6.07, 6.45) is 0.800. The summed E-state index contributed by atoms with van der Waals surface area (Å²) < 4.78 is 52.5. The van der Waals surface area contributed by atoms with Crippen molar-refractivity contribution in [2.75, 3.05) is 6.54 Å². The van der Waals surface area contributed by atoms with E-state index < -0.39 is 39.7 Å².